The van der Waals surface area contributed by atoms with Crippen molar-refractivity contribution in [3.8, 4) is 0 Å². The smallest absolute Gasteiger partial charge is 0.227 e. The second-order valence-electron chi connectivity index (χ2n) is 8.54. The Morgan fingerprint density at radius 1 is 1.22 bits per heavy atom. The minimum atomic E-state index is -0.904. The van der Waals surface area contributed by atoms with Gasteiger partial charge in [0.1, 0.15) is 0 Å². The predicted molar refractivity (Wildman–Crippen MR) is 139 cm³/mol. The summed E-state index contributed by atoms with van der Waals surface area (Å²) in [7, 11) is 0. The summed E-state index contributed by atoms with van der Waals surface area (Å²) in [5.74, 6) is 0.839. The van der Waals surface area contributed by atoms with Crippen molar-refractivity contribution in [1.29, 1.82) is 0 Å². The van der Waals surface area contributed by atoms with Crippen LogP contribution in [0.2, 0.25) is 0 Å². The summed E-state index contributed by atoms with van der Waals surface area (Å²) in [4.78, 5) is 21.3. The van der Waals surface area contributed by atoms with Crippen LogP contribution in [-0.4, -0.2) is 86.5 Å². The first-order valence-electron chi connectivity index (χ1n) is 11.4. The third kappa shape index (κ3) is 8.17. The van der Waals surface area contributed by atoms with Crippen LogP contribution < -0.4 is 15.5 Å². The minimum absolute atomic E-state index is 0. The predicted octanol–water partition coefficient (Wildman–Crippen LogP) is 1.61. The van der Waals surface area contributed by atoms with Crippen LogP contribution in [0.25, 0.3) is 0 Å². The molecule has 9 heteroatoms. The Labute approximate surface area is 208 Å². The molecule has 32 heavy (non-hydrogen) atoms. The van der Waals surface area contributed by atoms with E-state index in [4.69, 9.17) is 4.74 Å². The molecule has 0 bridgehead atoms. The van der Waals surface area contributed by atoms with E-state index < -0.39 is 5.60 Å². The number of hydrogen-bond donors (Lipinski definition) is 3. The lowest BCUT2D eigenvalue weighted by Gasteiger charge is -2.33. The molecule has 1 aromatic rings. The van der Waals surface area contributed by atoms with Gasteiger partial charge in [0, 0.05) is 51.4 Å². The second kappa shape index (κ2) is 13.3. The number of aliphatic imine (C=N–C) groups is 1. The average Bonchev–Trinajstić information content (AvgIpc) is 3.19. The summed E-state index contributed by atoms with van der Waals surface area (Å²) in [5, 5.41) is 17.2. The lowest BCUT2D eigenvalue weighted by atomic mass is 10.1. The lowest BCUT2D eigenvalue weighted by Crippen LogP contribution is -2.48. The molecule has 1 unspecified atom stereocenters. The number of morpholine rings is 1. The molecule has 2 aliphatic rings. The Hall–Kier alpha value is -1.43. The van der Waals surface area contributed by atoms with E-state index in [-0.39, 0.29) is 29.9 Å². The highest BCUT2D eigenvalue weighted by atomic mass is 127. The summed E-state index contributed by atoms with van der Waals surface area (Å²) in [5.41, 5.74) is 1.40. The van der Waals surface area contributed by atoms with Crippen molar-refractivity contribution >= 4 is 41.5 Å². The van der Waals surface area contributed by atoms with Gasteiger partial charge in [-0.25, -0.2) is 0 Å². The van der Waals surface area contributed by atoms with E-state index in [1.54, 1.807) is 0 Å². The molecule has 3 N–H and O–H groups in total. The van der Waals surface area contributed by atoms with Crippen molar-refractivity contribution in [3.05, 3.63) is 29.8 Å². The van der Waals surface area contributed by atoms with Crippen molar-refractivity contribution in [2.45, 2.75) is 38.7 Å². The summed E-state index contributed by atoms with van der Waals surface area (Å²) in [6, 6.07) is 8.13. The number of benzene rings is 1. The van der Waals surface area contributed by atoms with Gasteiger partial charge in [-0.2, -0.15) is 0 Å². The maximum atomic E-state index is 12.6. The highest BCUT2D eigenvalue weighted by Gasteiger charge is 2.25. The van der Waals surface area contributed by atoms with Gasteiger partial charge in [-0.15, -0.1) is 24.0 Å². The van der Waals surface area contributed by atoms with Crippen LogP contribution in [0, 0.1) is 0 Å². The van der Waals surface area contributed by atoms with Crippen molar-refractivity contribution in [2.24, 2.45) is 4.99 Å². The average molecular weight is 559 g/mol. The summed E-state index contributed by atoms with van der Waals surface area (Å²) in [6.45, 7) is 9.99. The van der Waals surface area contributed by atoms with Gasteiger partial charge < -0.3 is 25.4 Å². The highest BCUT2D eigenvalue weighted by molar-refractivity contribution is 14.0. The number of aliphatic hydroxyl groups is 1. The number of carbonyl (C=O) groups excluding carboxylic acids is 1. The van der Waals surface area contributed by atoms with Crippen LogP contribution in [0.1, 0.15) is 32.3 Å². The normalized spacial score (nSPS) is 18.5. The summed E-state index contributed by atoms with van der Waals surface area (Å²) < 4.78 is 5.37. The number of ether oxygens (including phenoxy) is 1. The number of halogens is 1. The number of fused-ring (bicyclic) bond motifs is 1. The van der Waals surface area contributed by atoms with Crippen LogP contribution in [0.3, 0.4) is 0 Å². The topological polar surface area (TPSA) is 89.4 Å². The van der Waals surface area contributed by atoms with Crippen LogP contribution in [-0.2, 0) is 16.0 Å². The number of nitrogens with zero attached hydrogens (tertiary/aromatic N) is 3. The Kier molecular flexibility index (Phi) is 11.2. The number of guanidine groups is 1. The Morgan fingerprint density at radius 2 is 1.97 bits per heavy atom. The first-order chi connectivity index (χ1) is 15.0. The SMILES string of the molecule is CCNC(=NCC(C)(O)CN1CCOCC1)NCCCC(=O)N1CCc2ccccc21.I. The minimum Gasteiger partial charge on any atom is -0.387 e. The van der Waals surface area contributed by atoms with Crippen molar-refractivity contribution in [1.82, 2.24) is 15.5 Å². The Balaban J connectivity index is 0.00000363. The number of β-amino-alcohol motifs (C(OH)–C–C–N with tert-alkyl or cyclic N) is 1. The van der Waals surface area contributed by atoms with E-state index in [9.17, 15) is 9.90 Å². The fourth-order valence-electron chi connectivity index (χ4n) is 4.06. The largest absolute Gasteiger partial charge is 0.387 e. The molecule has 1 fully saturated rings. The van der Waals surface area contributed by atoms with Gasteiger partial charge in [-0.05, 0) is 38.3 Å². The van der Waals surface area contributed by atoms with Gasteiger partial charge >= 0.3 is 0 Å². The number of anilines is 1. The van der Waals surface area contributed by atoms with E-state index >= 15 is 0 Å². The molecule has 2 aliphatic heterocycles. The van der Waals surface area contributed by atoms with Gasteiger partial charge in [-0.3, -0.25) is 14.7 Å². The molecule has 0 spiro atoms. The van der Waals surface area contributed by atoms with E-state index in [2.05, 4.69) is 26.6 Å². The number of carbonyl (C=O) groups is 1. The van der Waals surface area contributed by atoms with Crippen LogP contribution in [0.4, 0.5) is 5.69 Å². The number of nitrogens with one attached hydrogen (secondary N) is 2. The zero-order valence-electron chi connectivity index (χ0n) is 19.3. The number of para-hydroxylation sites is 1. The van der Waals surface area contributed by atoms with E-state index in [0.29, 0.717) is 45.2 Å². The zero-order valence-corrected chi connectivity index (χ0v) is 21.6. The molecule has 1 amide bonds. The molecule has 0 radical (unpaired) electrons. The van der Waals surface area contributed by atoms with Gasteiger partial charge in [0.2, 0.25) is 5.91 Å². The molecule has 0 aromatic heterocycles. The maximum absolute atomic E-state index is 12.6. The molecule has 1 atom stereocenters. The van der Waals surface area contributed by atoms with Crippen LogP contribution >= 0.6 is 24.0 Å². The zero-order chi connectivity index (χ0) is 22.1. The molecule has 0 saturated carbocycles. The van der Waals surface area contributed by atoms with Gasteiger partial charge in [0.05, 0.1) is 25.4 Å². The van der Waals surface area contributed by atoms with Crippen LogP contribution in [0.15, 0.2) is 29.3 Å². The molecule has 0 aliphatic carbocycles. The van der Waals surface area contributed by atoms with Gasteiger partial charge in [0.15, 0.2) is 5.96 Å². The monoisotopic (exact) mass is 559 g/mol. The second-order valence-corrected chi connectivity index (χ2v) is 8.54. The molecular formula is C23H38IN5O3. The Morgan fingerprint density at radius 3 is 2.72 bits per heavy atom. The summed E-state index contributed by atoms with van der Waals surface area (Å²) in [6.07, 6.45) is 2.16. The van der Waals surface area contributed by atoms with E-state index in [0.717, 1.165) is 44.7 Å². The number of rotatable bonds is 9. The fourth-order valence-corrected chi connectivity index (χ4v) is 4.06. The molecule has 2 heterocycles. The van der Waals surface area contributed by atoms with Crippen LogP contribution in [0.5, 0.6) is 0 Å². The van der Waals surface area contributed by atoms with E-state index in [1.165, 1.54) is 5.56 Å². The highest BCUT2D eigenvalue weighted by Crippen LogP contribution is 2.27. The van der Waals surface area contributed by atoms with Gasteiger partial charge in [0.25, 0.3) is 0 Å². The first-order valence-corrected chi connectivity index (χ1v) is 11.4. The number of amides is 1. The van der Waals surface area contributed by atoms with Crippen molar-refractivity contribution in [3.63, 3.8) is 0 Å². The number of hydrogen-bond acceptors (Lipinski definition) is 5. The fraction of sp³-hybridized carbons (Fsp3) is 0.652. The lowest BCUT2D eigenvalue weighted by molar-refractivity contribution is -0.118. The molecular weight excluding hydrogens is 521 g/mol. The third-order valence-electron chi connectivity index (χ3n) is 5.64. The first kappa shape index (κ1) is 26.8. The van der Waals surface area contributed by atoms with E-state index in [1.807, 2.05) is 36.9 Å². The Bertz CT molecular complexity index is 753. The molecule has 180 valence electrons. The molecule has 1 aromatic carbocycles. The third-order valence-corrected chi connectivity index (χ3v) is 5.64. The van der Waals surface area contributed by atoms with Crippen molar-refractivity contribution in [2.75, 3.05) is 63.9 Å². The molecule has 8 nitrogen and oxygen atoms in total. The maximum Gasteiger partial charge on any atom is 0.227 e. The quantitative estimate of drug-likeness (QED) is 0.185. The molecule has 3 rings (SSSR count). The van der Waals surface area contributed by atoms with Crippen molar-refractivity contribution < 1.29 is 14.6 Å². The summed E-state index contributed by atoms with van der Waals surface area (Å²) >= 11 is 0. The standard InChI is InChI=1S/C23H37N5O3.HI/c1-3-24-22(26-17-23(2,30)18-27-13-15-31-16-14-27)25-11-6-9-21(29)28-12-10-19-7-4-5-8-20(19)28;/h4-5,7-8,30H,3,6,9-18H2,1-2H3,(H2,24,25,26);1H. The van der Waals surface area contributed by atoms with Gasteiger partial charge in [-0.1, -0.05) is 18.2 Å². The molecule has 1 saturated heterocycles.